The van der Waals surface area contributed by atoms with Crippen LogP contribution < -0.4 is 5.32 Å². The quantitative estimate of drug-likeness (QED) is 0.751. The molecule has 2 nitrogen and oxygen atoms in total. The van der Waals surface area contributed by atoms with Crippen molar-refractivity contribution >= 4 is 17.4 Å². The van der Waals surface area contributed by atoms with Crippen molar-refractivity contribution in [2.24, 2.45) is 0 Å². The van der Waals surface area contributed by atoms with E-state index in [0.717, 1.165) is 12.4 Å². The molecular weight excluding hydrogens is 206 g/mol. The van der Waals surface area contributed by atoms with Crippen LogP contribution in [0.2, 0.25) is 0 Å². The summed E-state index contributed by atoms with van der Waals surface area (Å²) in [6.07, 6.45) is 0. The van der Waals surface area contributed by atoms with Crippen LogP contribution in [0.3, 0.4) is 0 Å². The van der Waals surface area contributed by atoms with Gasteiger partial charge in [0, 0.05) is 23.7 Å². The van der Waals surface area contributed by atoms with Crippen LogP contribution in [-0.4, -0.2) is 25.5 Å². The first-order valence-electron chi connectivity index (χ1n) is 5.25. The van der Waals surface area contributed by atoms with Gasteiger partial charge in [0.25, 0.3) is 0 Å². The molecule has 0 aromatic heterocycles. The van der Waals surface area contributed by atoms with Gasteiger partial charge in [0.2, 0.25) is 0 Å². The maximum Gasteiger partial charge on any atom is 0.0661 e. The number of hydrogen-bond donors (Lipinski definition) is 1. The van der Waals surface area contributed by atoms with Gasteiger partial charge in [0.1, 0.15) is 0 Å². The van der Waals surface area contributed by atoms with Crippen molar-refractivity contribution in [3.8, 4) is 0 Å². The van der Waals surface area contributed by atoms with Crippen molar-refractivity contribution in [2.75, 3.05) is 24.8 Å². The standard InChI is InChI=1S/C12H19NOS/c1-4-15-12-8-6-5-7-11(12)13-10(2)9-14-3/h5-8,10,13H,4,9H2,1-3H3. The zero-order chi connectivity index (χ0) is 11.1. The van der Waals surface area contributed by atoms with E-state index < -0.39 is 0 Å². The van der Waals surface area contributed by atoms with E-state index in [1.807, 2.05) is 11.8 Å². The maximum atomic E-state index is 5.11. The summed E-state index contributed by atoms with van der Waals surface area (Å²) in [5.74, 6) is 1.09. The second-order valence-electron chi connectivity index (χ2n) is 3.43. The molecular formula is C12H19NOS. The molecule has 1 aromatic rings. The predicted octanol–water partition coefficient (Wildman–Crippen LogP) is 3.25. The average molecular weight is 225 g/mol. The molecule has 0 saturated heterocycles. The van der Waals surface area contributed by atoms with Crippen LogP contribution >= 0.6 is 11.8 Å². The van der Waals surface area contributed by atoms with Crippen LogP contribution in [0.1, 0.15) is 13.8 Å². The summed E-state index contributed by atoms with van der Waals surface area (Å²) in [7, 11) is 1.73. The Morgan fingerprint density at radius 2 is 2.13 bits per heavy atom. The minimum atomic E-state index is 0.341. The number of anilines is 1. The largest absolute Gasteiger partial charge is 0.383 e. The van der Waals surface area contributed by atoms with E-state index in [2.05, 4.69) is 43.4 Å². The van der Waals surface area contributed by atoms with Gasteiger partial charge < -0.3 is 10.1 Å². The van der Waals surface area contributed by atoms with Gasteiger partial charge in [0.05, 0.1) is 6.61 Å². The van der Waals surface area contributed by atoms with Crippen LogP contribution in [0.25, 0.3) is 0 Å². The first kappa shape index (κ1) is 12.4. The minimum absolute atomic E-state index is 0.341. The summed E-state index contributed by atoms with van der Waals surface area (Å²) in [5.41, 5.74) is 1.20. The van der Waals surface area contributed by atoms with Crippen LogP contribution in [0.5, 0.6) is 0 Å². The Balaban J connectivity index is 2.66. The molecule has 1 N–H and O–H groups in total. The fourth-order valence-electron chi connectivity index (χ4n) is 1.42. The van der Waals surface area contributed by atoms with Gasteiger partial charge in [0.15, 0.2) is 0 Å². The van der Waals surface area contributed by atoms with Gasteiger partial charge in [-0.3, -0.25) is 0 Å². The van der Waals surface area contributed by atoms with Crippen molar-refractivity contribution in [3.63, 3.8) is 0 Å². The molecule has 1 aromatic carbocycles. The zero-order valence-electron chi connectivity index (χ0n) is 9.62. The predicted molar refractivity (Wildman–Crippen MR) is 67.8 cm³/mol. The van der Waals surface area contributed by atoms with Crippen LogP contribution in [0, 0.1) is 0 Å². The van der Waals surface area contributed by atoms with E-state index in [-0.39, 0.29) is 0 Å². The highest BCUT2D eigenvalue weighted by Crippen LogP contribution is 2.26. The minimum Gasteiger partial charge on any atom is -0.383 e. The van der Waals surface area contributed by atoms with E-state index >= 15 is 0 Å². The van der Waals surface area contributed by atoms with Crippen molar-refractivity contribution in [3.05, 3.63) is 24.3 Å². The SMILES string of the molecule is CCSc1ccccc1NC(C)COC. The Morgan fingerprint density at radius 3 is 2.80 bits per heavy atom. The number of nitrogens with one attached hydrogen (secondary N) is 1. The summed E-state index contributed by atoms with van der Waals surface area (Å²) in [5, 5.41) is 3.45. The lowest BCUT2D eigenvalue weighted by molar-refractivity contribution is 0.190. The fourth-order valence-corrected chi connectivity index (χ4v) is 2.19. The first-order chi connectivity index (χ1) is 7.27. The van der Waals surface area contributed by atoms with E-state index in [0.29, 0.717) is 6.04 Å². The van der Waals surface area contributed by atoms with Gasteiger partial charge >= 0.3 is 0 Å². The molecule has 0 aliphatic carbocycles. The molecule has 84 valence electrons. The van der Waals surface area contributed by atoms with Crippen LogP contribution in [0.4, 0.5) is 5.69 Å². The summed E-state index contributed by atoms with van der Waals surface area (Å²) < 4.78 is 5.11. The van der Waals surface area contributed by atoms with Crippen molar-refractivity contribution in [1.29, 1.82) is 0 Å². The van der Waals surface area contributed by atoms with Gasteiger partial charge in [-0.05, 0) is 24.8 Å². The number of hydrogen-bond acceptors (Lipinski definition) is 3. The van der Waals surface area contributed by atoms with E-state index in [1.165, 1.54) is 10.6 Å². The average Bonchev–Trinajstić information content (AvgIpc) is 2.21. The molecule has 1 rings (SSSR count). The lowest BCUT2D eigenvalue weighted by Crippen LogP contribution is -2.21. The molecule has 0 amide bonds. The van der Waals surface area contributed by atoms with Crippen LogP contribution in [0.15, 0.2) is 29.2 Å². The lowest BCUT2D eigenvalue weighted by Gasteiger charge is -2.16. The molecule has 0 spiro atoms. The molecule has 0 saturated carbocycles. The van der Waals surface area contributed by atoms with Gasteiger partial charge in [-0.15, -0.1) is 11.8 Å². The highest BCUT2D eigenvalue weighted by atomic mass is 32.2. The van der Waals surface area contributed by atoms with E-state index in [4.69, 9.17) is 4.74 Å². The third-order valence-corrected chi connectivity index (χ3v) is 2.96. The van der Waals surface area contributed by atoms with E-state index in [1.54, 1.807) is 7.11 Å². The smallest absolute Gasteiger partial charge is 0.0661 e. The number of methoxy groups -OCH3 is 1. The zero-order valence-corrected chi connectivity index (χ0v) is 10.4. The molecule has 0 aliphatic rings. The molecule has 0 fully saturated rings. The molecule has 0 radical (unpaired) electrons. The first-order valence-corrected chi connectivity index (χ1v) is 6.23. The van der Waals surface area contributed by atoms with Gasteiger partial charge in [-0.25, -0.2) is 0 Å². The molecule has 1 atom stereocenters. The summed E-state index contributed by atoms with van der Waals surface area (Å²) in [6, 6.07) is 8.74. The molecule has 15 heavy (non-hydrogen) atoms. The third kappa shape index (κ3) is 4.14. The summed E-state index contributed by atoms with van der Waals surface area (Å²) in [6.45, 7) is 5.02. The second-order valence-corrected chi connectivity index (χ2v) is 4.74. The number of ether oxygens (including phenoxy) is 1. The van der Waals surface area contributed by atoms with Gasteiger partial charge in [-0.1, -0.05) is 19.1 Å². The Bertz CT molecular complexity index is 291. The summed E-state index contributed by atoms with van der Waals surface area (Å²) >= 11 is 1.86. The Hall–Kier alpha value is -0.670. The van der Waals surface area contributed by atoms with E-state index in [9.17, 15) is 0 Å². The third-order valence-electron chi connectivity index (χ3n) is 2.01. The molecule has 3 heteroatoms. The normalized spacial score (nSPS) is 12.5. The monoisotopic (exact) mass is 225 g/mol. The topological polar surface area (TPSA) is 21.3 Å². The van der Waals surface area contributed by atoms with Crippen molar-refractivity contribution in [1.82, 2.24) is 0 Å². The lowest BCUT2D eigenvalue weighted by atomic mass is 10.3. The number of para-hydroxylation sites is 1. The number of thioether (sulfide) groups is 1. The summed E-state index contributed by atoms with van der Waals surface area (Å²) in [4.78, 5) is 1.31. The highest BCUT2D eigenvalue weighted by molar-refractivity contribution is 7.99. The molecule has 0 bridgehead atoms. The Kier molecular flexibility index (Phi) is 5.58. The highest BCUT2D eigenvalue weighted by Gasteiger charge is 2.05. The van der Waals surface area contributed by atoms with Crippen molar-refractivity contribution in [2.45, 2.75) is 24.8 Å². The molecule has 0 heterocycles. The molecule has 0 aliphatic heterocycles. The Labute approximate surface area is 96.4 Å². The number of benzene rings is 1. The Morgan fingerprint density at radius 1 is 1.40 bits per heavy atom. The fraction of sp³-hybridized carbons (Fsp3) is 0.500. The molecule has 1 unspecified atom stereocenters. The number of rotatable bonds is 6. The second kappa shape index (κ2) is 6.75. The van der Waals surface area contributed by atoms with Crippen molar-refractivity contribution < 1.29 is 4.74 Å². The van der Waals surface area contributed by atoms with Gasteiger partial charge in [-0.2, -0.15) is 0 Å². The van der Waals surface area contributed by atoms with Crippen LogP contribution in [-0.2, 0) is 4.74 Å². The maximum absolute atomic E-state index is 5.11.